The molecule has 176 valence electrons. The van der Waals surface area contributed by atoms with E-state index in [1.165, 1.54) is 91.3 Å². The summed E-state index contributed by atoms with van der Waals surface area (Å²) >= 11 is 0. The molecular formula is C24H44O6. The molecule has 0 aromatic heterocycles. The fraction of sp³-hybridized carbons (Fsp3) is 0.833. The molecule has 30 heavy (non-hydrogen) atoms. The predicted molar refractivity (Wildman–Crippen MR) is 120 cm³/mol. The normalized spacial score (nSPS) is 10.9. The van der Waals surface area contributed by atoms with Crippen LogP contribution in [0.2, 0.25) is 0 Å². The molecule has 0 aliphatic rings. The molecule has 0 unspecified atom stereocenters. The largest absolute Gasteiger partial charge is 0.507 e. The lowest BCUT2D eigenvalue weighted by atomic mass is 10.1. The molecule has 0 rings (SSSR count). The molecule has 0 fully saturated rings. The van der Waals surface area contributed by atoms with E-state index in [0.717, 1.165) is 25.7 Å². The monoisotopic (exact) mass is 428 g/mol. The van der Waals surface area contributed by atoms with E-state index in [9.17, 15) is 9.59 Å². The van der Waals surface area contributed by atoms with Gasteiger partial charge in [0.15, 0.2) is 0 Å². The Morgan fingerprint density at radius 2 is 0.800 bits per heavy atom. The van der Waals surface area contributed by atoms with Gasteiger partial charge in [-0.2, -0.15) is 0 Å². The van der Waals surface area contributed by atoms with E-state index in [-0.39, 0.29) is 0 Å². The highest BCUT2D eigenvalue weighted by Gasteiger charge is 1.99. The third-order valence-corrected chi connectivity index (χ3v) is 4.97. The zero-order chi connectivity index (χ0) is 22.1. The molecule has 0 radical (unpaired) electrons. The van der Waals surface area contributed by atoms with Gasteiger partial charge >= 0.3 is 12.3 Å². The third-order valence-electron chi connectivity index (χ3n) is 4.97. The zero-order valence-electron chi connectivity index (χ0n) is 19.3. The number of rotatable bonds is 20. The summed E-state index contributed by atoms with van der Waals surface area (Å²) < 4.78 is 18.5. The molecule has 6 heteroatoms. The molecule has 0 saturated heterocycles. The Labute approximate surface area is 183 Å². The molecule has 0 aliphatic heterocycles. The molecule has 0 spiro atoms. The number of ether oxygens (including phenoxy) is 4. The molecule has 0 bridgehead atoms. The minimum absolute atomic E-state index is 0.464. The predicted octanol–water partition coefficient (Wildman–Crippen LogP) is 7.35. The summed E-state index contributed by atoms with van der Waals surface area (Å²) in [6.45, 7) is 0.927. The summed E-state index contributed by atoms with van der Waals surface area (Å²) in [4.78, 5) is 21.5. The van der Waals surface area contributed by atoms with E-state index in [0.29, 0.717) is 13.2 Å². The lowest BCUT2D eigenvalue weighted by molar-refractivity contribution is 0.0704. The molecule has 0 aromatic rings. The van der Waals surface area contributed by atoms with Crippen molar-refractivity contribution in [2.45, 2.75) is 103 Å². The summed E-state index contributed by atoms with van der Waals surface area (Å²) in [6, 6.07) is 0. The number of unbranched alkanes of at least 4 members (excludes halogenated alkanes) is 14. The zero-order valence-corrected chi connectivity index (χ0v) is 19.3. The molecule has 0 atom stereocenters. The Bertz CT molecular complexity index is 384. The maximum Gasteiger partial charge on any atom is 0.507 e. The second-order valence-electron chi connectivity index (χ2n) is 7.60. The van der Waals surface area contributed by atoms with Gasteiger partial charge in [-0.15, -0.1) is 0 Å². The van der Waals surface area contributed by atoms with Crippen LogP contribution >= 0.6 is 0 Å². The van der Waals surface area contributed by atoms with Crippen LogP contribution in [-0.4, -0.2) is 39.7 Å². The Morgan fingerprint density at radius 1 is 0.500 bits per heavy atom. The Hall–Kier alpha value is -1.72. The van der Waals surface area contributed by atoms with Crippen LogP contribution < -0.4 is 0 Å². The van der Waals surface area contributed by atoms with Crippen molar-refractivity contribution in [3.63, 3.8) is 0 Å². The van der Waals surface area contributed by atoms with Gasteiger partial charge in [-0.3, -0.25) is 0 Å². The van der Waals surface area contributed by atoms with Gasteiger partial charge in [-0.05, 0) is 38.5 Å². The van der Waals surface area contributed by atoms with Gasteiger partial charge in [-0.25, -0.2) is 9.59 Å². The molecule has 0 aromatic carbocycles. The van der Waals surface area contributed by atoms with Gasteiger partial charge in [0.1, 0.15) is 0 Å². The molecule has 6 nitrogen and oxygen atoms in total. The number of hydrogen-bond donors (Lipinski definition) is 0. The van der Waals surface area contributed by atoms with Gasteiger partial charge < -0.3 is 18.9 Å². The second kappa shape index (κ2) is 23.6. The molecule has 0 amide bonds. The van der Waals surface area contributed by atoms with Gasteiger partial charge in [0.05, 0.1) is 27.4 Å². The van der Waals surface area contributed by atoms with Crippen LogP contribution in [0.4, 0.5) is 9.59 Å². The van der Waals surface area contributed by atoms with Crippen LogP contribution in [0, 0.1) is 0 Å². The summed E-state index contributed by atoms with van der Waals surface area (Å²) in [6.07, 6.45) is 22.7. The quantitative estimate of drug-likeness (QED) is 0.115. The lowest BCUT2D eigenvalue weighted by Crippen LogP contribution is -2.05. The first-order chi connectivity index (χ1) is 14.7. The fourth-order valence-corrected chi connectivity index (χ4v) is 3.16. The van der Waals surface area contributed by atoms with Gasteiger partial charge in [0.2, 0.25) is 0 Å². The first-order valence-electron chi connectivity index (χ1n) is 11.8. The van der Waals surface area contributed by atoms with Gasteiger partial charge in [0, 0.05) is 0 Å². The number of allylic oxidation sites excluding steroid dienone is 2. The lowest BCUT2D eigenvalue weighted by Gasteiger charge is -2.03. The van der Waals surface area contributed by atoms with Crippen LogP contribution in [0.25, 0.3) is 0 Å². The minimum Gasteiger partial charge on any atom is -0.438 e. The van der Waals surface area contributed by atoms with Crippen molar-refractivity contribution in [3.8, 4) is 0 Å². The average Bonchev–Trinajstić information content (AvgIpc) is 2.76. The highest BCUT2D eigenvalue weighted by molar-refractivity contribution is 5.59. The van der Waals surface area contributed by atoms with Crippen molar-refractivity contribution >= 4 is 12.3 Å². The van der Waals surface area contributed by atoms with E-state index in [1.54, 1.807) is 0 Å². The maximum atomic E-state index is 10.8. The highest BCUT2D eigenvalue weighted by atomic mass is 16.7. The number of carbonyl (C=O) groups excluding carboxylic acids is 2. The van der Waals surface area contributed by atoms with Crippen molar-refractivity contribution in [2.75, 3.05) is 27.4 Å². The number of hydrogen-bond acceptors (Lipinski definition) is 6. The maximum absolute atomic E-state index is 10.8. The molecule has 0 aliphatic carbocycles. The van der Waals surface area contributed by atoms with Crippen molar-refractivity contribution < 1.29 is 28.5 Å². The van der Waals surface area contributed by atoms with E-state index in [4.69, 9.17) is 9.47 Å². The second-order valence-corrected chi connectivity index (χ2v) is 7.60. The summed E-state index contributed by atoms with van der Waals surface area (Å²) in [5.41, 5.74) is 0. The Balaban J connectivity index is 3.14. The van der Waals surface area contributed by atoms with Crippen LogP contribution in [-0.2, 0) is 18.9 Å². The van der Waals surface area contributed by atoms with Crippen molar-refractivity contribution in [1.29, 1.82) is 0 Å². The standard InChI is InChI=1S/C24H44O6/c1-27-23(25)29-21-19-17-15-13-11-9-7-5-3-4-6-8-10-12-14-16-18-20-22-30-24(26)28-2/h3-4H,5-22H2,1-2H3. The fourth-order valence-electron chi connectivity index (χ4n) is 3.16. The number of methoxy groups -OCH3 is 2. The summed E-state index contributed by atoms with van der Waals surface area (Å²) in [5.74, 6) is 0. The third kappa shape index (κ3) is 22.6. The Kier molecular flexibility index (Phi) is 22.2. The highest BCUT2D eigenvalue weighted by Crippen LogP contribution is 2.11. The first-order valence-corrected chi connectivity index (χ1v) is 11.8. The summed E-state index contributed by atoms with van der Waals surface area (Å²) in [7, 11) is 2.66. The van der Waals surface area contributed by atoms with Crippen LogP contribution in [0.15, 0.2) is 12.2 Å². The van der Waals surface area contributed by atoms with Crippen LogP contribution in [0.3, 0.4) is 0 Å². The smallest absolute Gasteiger partial charge is 0.438 e. The van der Waals surface area contributed by atoms with Crippen molar-refractivity contribution in [3.05, 3.63) is 12.2 Å². The molecule has 0 saturated carbocycles. The van der Waals surface area contributed by atoms with E-state index in [1.807, 2.05) is 0 Å². The van der Waals surface area contributed by atoms with E-state index < -0.39 is 12.3 Å². The first kappa shape index (κ1) is 28.3. The Morgan fingerprint density at radius 3 is 1.13 bits per heavy atom. The minimum atomic E-state index is -0.584. The molecular weight excluding hydrogens is 384 g/mol. The van der Waals surface area contributed by atoms with E-state index in [2.05, 4.69) is 21.6 Å². The number of carbonyl (C=O) groups is 2. The SMILES string of the molecule is COC(=O)OCCCCCCCCCC=CCCCCCCCCCOC(=O)OC. The average molecular weight is 429 g/mol. The van der Waals surface area contributed by atoms with Gasteiger partial charge in [-0.1, -0.05) is 76.4 Å². The topological polar surface area (TPSA) is 71.1 Å². The van der Waals surface area contributed by atoms with Crippen LogP contribution in [0.5, 0.6) is 0 Å². The van der Waals surface area contributed by atoms with E-state index >= 15 is 0 Å². The van der Waals surface area contributed by atoms with Crippen LogP contribution in [0.1, 0.15) is 103 Å². The molecule has 0 heterocycles. The molecule has 0 N–H and O–H groups in total. The summed E-state index contributed by atoms with van der Waals surface area (Å²) in [5, 5.41) is 0. The van der Waals surface area contributed by atoms with Gasteiger partial charge in [0.25, 0.3) is 0 Å². The van der Waals surface area contributed by atoms with Crippen molar-refractivity contribution in [1.82, 2.24) is 0 Å². The van der Waals surface area contributed by atoms with Crippen molar-refractivity contribution in [2.24, 2.45) is 0 Å².